The molecule has 0 amide bonds. The summed E-state index contributed by atoms with van der Waals surface area (Å²) >= 11 is 0. The van der Waals surface area contributed by atoms with Gasteiger partial charge in [0.25, 0.3) is 0 Å². The van der Waals surface area contributed by atoms with Crippen LogP contribution in [0.3, 0.4) is 0 Å². The fourth-order valence-corrected chi connectivity index (χ4v) is 12.4. The average Bonchev–Trinajstić information content (AvgIpc) is 0.903. The van der Waals surface area contributed by atoms with Gasteiger partial charge in [-0.3, -0.25) is 32.5 Å². The third kappa shape index (κ3) is 85.1. The lowest BCUT2D eigenvalue weighted by Gasteiger charge is -2.21. The van der Waals surface area contributed by atoms with Gasteiger partial charge in [0, 0.05) is 19.3 Å². The molecule has 0 bridgehead atoms. The molecule has 0 aromatic carbocycles. The van der Waals surface area contributed by atoms with Gasteiger partial charge in [0.15, 0.2) is 6.10 Å². The summed E-state index contributed by atoms with van der Waals surface area (Å²) in [6, 6.07) is 0. The summed E-state index contributed by atoms with van der Waals surface area (Å²) in [5.74, 6) is -1.65. The Morgan fingerprint density at radius 2 is 0.477 bits per heavy atom. The van der Waals surface area contributed by atoms with E-state index in [0.29, 0.717) is 25.7 Å². The van der Waals surface area contributed by atoms with Gasteiger partial charge in [-0.05, 0) is 167 Å². The van der Waals surface area contributed by atoms with E-state index in [1.54, 1.807) is 0 Å². The molecule has 0 aliphatic heterocycles. The number of phosphoric ester groups is 2. The lowest BCUT2D eigenvalue weighted by molar-refractivity contribution is -0.161. The van der Waals surface area contributed by atoms with Crippen LogP contribution in [0.4, 0.5) is 0 Å². The molecular weight excluding hydrogens is 1430 g/mol. The Balaban J connectivity index is 4.70. The first-order valence-corrected chi connectivity index (χ1v) is 45.7. The fraction of sp³-hybridized carbons (Fsp3) is 0.624. The Morgan fingerprint density at radius 1 is 0.261 bits per heavy atom. The smallest absolute Gasteiger partial charge is 0.463 e. The number of ether oxygens (including phenoxy) is 3. The number of phosphoric acid groups is 2. The molecule has 5 atom stereocenters. The minimum absolute atomic E-state index is 0.0377. The standard InChI is InChI=1S/C93H152O16P2/c1-4-7-10-13-16-19-22-25-28-31-34-37-39-41-42-43-44-46-48-50-52-55-58-61-64-67-70-73-76-79-91(96)103-82-88(94)83-105-110(99,100)106-84-89(95)85-107-111(101,102)108-87-90(109-93(98)81-78-75-72-69-66-63-60-57-54-49-36-33-30-27-24-21-18-15-12-9-6-3)86-104-92(97)80-77-74-71-68-65-62-59-56-53-51-47-45-40-38-35-32-29-26-23-20-17-14-11-8-5-2/h8-9,11-12,16-21,25-30,34-38,41-42,45,47,49,53,56-57,60,66,69,88-90,94-95H,4-7,10,13-15,22-24,31-33,39-40,43-44,46,48,50-52,54-55,58-59,61-65,67-68,70-87H2,1-3H3,(H,99,100)(H,101,102)/b11-8-,12-9-,19-16-,20-17-,21-18-,28-25-,29-26-,30-27-,37-34-,38-35-,42-41-,47-45-,49-36-,56-53-,60-57-,69-66-. The van der Waals surface area contributed by atoms with E-state index >= 15 is 0 Å². The van der Waals surface area contributed by atoms with Crippen LogP contribution in [0.2, 0.25) is 0 Å². The Kier molecular flexibility index (Phi) is 79.6. The summed E-state index contributed by atoms with van der Waals surface area (Å²) in [6.45, 7) is 2.35. The Bertz CT molecular complexity index is 2800. The zero-order valence-electron chi connectivity index (χ0n) is 69.1. The van der Waals surface area contributed by atoms with Crippen LogP contribution < -0.4 is 0 Å². The molecule has 0 aliphatic rings. The number of hydrogen-bond donors (Lipinski definition) is 4. The highest BCUT2D eigenvalue weighted by Gasteiger charge is 2.29. The Labute approximate surface area is 674 Å². The van der Waals surface area contributed by atoms with E-state index in [4.69, 9.17) is 32.3 Å². The number of carbonyl (C=O) groups is 3. The molecule has 0 fully saturated rings. The second kappa shape index (κ2) is 83.8. The number of carbonyl (C=O) groups excluding carboxylic acids is 3. The molecule has 0 spiro atoms. The number of aliphatic hydroxyl groups excluding tert-OH is 2. The summed E-state index contributed by atoms with van der Waals surface area (Å²) in [4.78, 5) is 58.8. The SMILES string of the molecule is CC/C=C\C/C=C\C/C=C\C/C=C\C/C=C\C/C=C\CCCCCCCCC(=O)OCC(COP(=O)(O)OCC(O)COP(=O)(O)OCC(O)COC(=O)CCCCCCCCCCCCCCC/C=C\C/C=C\C/C=C\C/C=C\CCCCC)OC(=O)CCCC/C=C\C/C=C\C/C=C\C/C=C\C/C=C\C/C=C\CC. The van der Waals surface area contributed by atoms with Crippen LogP contribution in [-0.4, -0.2) is 95.9 Å². The summed E-state index contributed by atoms with van der Waals surface area (Å²) in [7, 11) is -9.84. The van der Waals surface area contributed by atoms with Crippen LogP contribution in [0.5, 0.6) is 0 Å². The van der Waals surface area contributed by atoms with Crippen LogP contribution in [0.1, 0.15) is 316 Å². The van der Waals surface area contributed by atoms with E-state index in [1.165, 1.54) is 83.5 Å². The van der Waals surface area contributed by atoms with Gasteiger partial charge in [-0.15, -0.1) is 0 Å². The number of esters is 3. The third-order valence-electron chi connectivity index (χ3n) is 17.3. The van der Waals surface area contributed by atoms with E-state index in [2.05, 4.69) is 215 Å². The summed E-state index contributed by atoms with van der Waals surface area (Å²) in [6.07, 6.45) is 110. The van der Waals surface area contributed by atoms with Gasteiger partial charge < -0.3 is 34.2 Å². The summed E-state index contributed by atoms with van der Waals surface area (Å²) < 4.78 is 61.3. The van der Waals surface area contributed by atoms with Crippen molar-refractivity contribution < 1.29 is 75.8 Å². The van der Waals surface area contributed by atoms with E-state index in [9.17, 15) is 43.5 Å². The van der Waals surface area contributed by atoms with Crippen molar-refractivity contribution in [3.63, 3.8) is 0 Å². The van der Waals surface area contributed by atoms with Crippen molar-refractivity contribution in [2.75, 3.05) is 39.6 Å². The lowest BCUT2D eigenvalue weighted by Crippen LogP contribution is -2.30. The maximum atomic E-state index is 13.0. The van der Waals surface area contributed by atoms with Crippen molar-refractivity contribution in [1.29, 1.82) is 0 Å². The second-order valence-corrected chi connectivity index (χ2v) is 30.8. The number of hydrogen-bond acceptors (Lipinski definition) is 14. The minimum atomic E-state index is -4.96. The number of aliphatic hydroxyl groups is 2. The molecule has 0 saturated carbocycles. The molecule has 111 heavy (non-hydrogen) atoms. The molecule has 0 aromatic rings. The molecule has 0 aliphatic carbocycles. The van der Waals surface area contributed by atoms with Crippen molar-refractivity contribution in [2.45, 2.75) is 334 Å². The van der Waals surface area contributed by atoms with E-state index in [-0.39, 0.29) is 19.3 Å². The molecular formula is C93H152O16P2. The zero-order chi connectivity index (χ0) is 80.8. The van der Waals surface area contributed by atoms with Gasteiger partial charge in [0.2, 0.25) is 0 Å². The number of unbranched alkanes of at least 4 members (excludes halogenated alkanes) is 24. The normalized spacial score (nSPS) is 14.8. The molecule has 16 nitrogen and oxygen atoms in total. The molecule has 0 rings (SSSR count). The first kappa shape index (κ1) is 105. The van der Waals surface area contributed by atoms with Gasteiger partial charge in [0.05, 0.1) is 26.4 Å². The lowest BCUT2D eigenvalue weighted by atomic mass is 10.0. The van der Waals surface area contributed by atoms with Gasteiger partial charge in [-0.25, -0.2) is 9.13 Å². The maximum Gasteiger partial charge on any atom is 0.472 e. The third-order valence-corrected chi connectivity index (χ3v) is 19.2. The largest absolute Gasteiger partial charge is 0.472 e. The van der Waals surface area contributed by atoms with Crippen LogP contribution in [0, 0.1) is 0 Å². The number of rotatable bonds is 79. The molecule has 0 aromatic heterocycles. The first-order chi connectivity index (χ1) is 54.2. The van der Waals surface area contributed by atoms with Crippen molar-refractivity contribution in [2.24, 2.45) is 0 Å². The molecule has 0 radical (unpaired) electrons. The van der Waals surface area contributed by atoms with Gasteiger partial charge >= 0.3 is 33.6 Å². The summed E-state index contributed by atoms with van der Waals surface area (Å²) in [5, 5.41) is 20.7. The Hall–Kier alpha value is -5.61. The highest BCUT2D eigenvalue weighted by atomic mass is 31.2. The van der Waals surface area contributed by atoms with Gasteiger partial charge in [0.1, 0.15) is 25.4 Å². The van der Waals surface area contributed by atoms with Crippen molar-refractivity contribution in [3.8, 4) is 0 Å². The van der Waals surface area contributed by atoms with Gasteiger partial charge in [-0.2, -0.15) is 0 Å². The summed E-state index contributed by atoms with van der Waals surface area (Å²) in [5.41, 5.74) is 0. The van der Waals surface area contributed by atoms with Gasteiger partial charge in [-0.1, -0.05) is 324 Å². The van der Waals surface area contributed by atoms with Crippen molar-refractivity contribution in [1.82, 2.24) is 0 Å². The van der Waals surface area contributed by atoms with Crippen LogP contribution in [-0.2, 0) is 55.8 Å². The molecule has 5 unspecified atom stereocenters. The van der Waals surface area contributed by atoms with Crippen LogP contribution in [0.15, 0.2) is 194 Å². The van der Waals surface area contributed by atoms with E-state index in [0.717, 1.165) is 167 Å². The molecule has 4 N–H and O–H groups in total. The fourth-order valence-electron chi connectivity index (χ4n) is 10.9. The molecule has 630 valence electrons. The monoisotopic (exact) mass is 1590 g/mol. The predicted octanol–water partition coefficient (Wildman–Crippen LogP) is 25.9. The van der Waals surface area contributed by atoms with Crippen molar-refractivity contribution >= 4 is 33.6 Å². The maximum absolute atomic E-state index is 13.0. The highest BCUT2D eigenvalue weighted by Crippen LogP contribution is 2.45. The topological polar surface area (TPSA) is 231 Å². The molecule has 18 heteroatoms. The average molecular weight is 1590 g/mol. The zero-order valence-corrected chi connectivity index (χ0v) is 70.8. The predicted molar refractivity (Wildman–Crippen MR) is 463 cm³/mol. The quantitative estimate of drug-likeness (QED) is 0.0146. The molecule has 0 saturated heterocycles. The van der Waals surface area contributed by atoms with E-state index in [1.807, 2.05) is 0 Å². The highest BCUT2D eigenvalue weighted by molar-refractivity contribution is 7.47. The first-order valence-electron chi connectivity index (χ1n) is 42.7. The van der Waals surface area contributed by atoms with Crippen LogP contribution >= 0.6 is 15.6 Å². The van der Waals surface area contributed by atoms with Crippen molar-refractivity contribution in [3.05, 3.63) is 194 Å². The van der Waals surface area contributed by atoms with E-state index < -0.39 is 91.5 Å². The number of allylic oxidation sites excluding steroid dienone is 32. The molecule has 0 heterocycles. The Morgan fingerprint density at radius 3 is 0.775 bits per heavy atom. The van der Waals surface area contributed by atoms with Crippen LogP contribution in [0.25, 0.3) is 0 Å². The second-order valence-electron chi connectivity index (χ2n) is 27.9. The minimum Gasteiger partial charge on any atom is -0.463 e.